The third-order valence-electron chi connectivity index (χ3n) is 6.44. The van der Waals surface area contributed by atoms with Gasteiger partial charge >= 0.3 is 0 Å². The highest BCUT2D eigenvalue weighted by Crippen LogP contribution is 2.32. The van der Waals surface area contributed by atoms with Crippen molar-refractivity contribution < 1.29 is 14.0 Å². The van der Waals surface area contributed by atoms with Crippen LogP contribution in [0.1, 0.15) is 62.0 Å². The van der Waals surface area contributed by atoms with Crippen LogP contribution < -0.4 is 16.6 Å². The van der Waals surface area contributed by atoms with Crippen molar-refractivity contribution in [1.82, 2.24) is 20.7 Å². The van der Waals surface area contributed by atoms with Crippen molar-refractivity contribution in [2.24, 2.45) is 11.1 Å². The van der Waals surface area contributed by atoms with Crippen molar-refractivity contribution in [3.63, 3.8) is 0 Å². The Morgan fingerprint density at radius 1 is 1.23 bits per heavy atom. The van der Waals surface area contributed by atoms with E-state index in [2.05, 4.69) is 36.6 Å². The summed E-state index contributed by atoms with van der Waals surface area (Å²) in [4.78, 5) is 31.8. The number of primary amides is 1. The molecule has 1 aromatic heterocycles. The quantitative estimate of drug-likeness (QED) is 0.699. The maximum atomic E-state index is 13.6. The Labute approximate surface area is 181 Å². The van der Waals surface area contributed by atoms with Gasteiger partial charge < -0.3 is 10.6 Å². The summed E-state index contributed by atoms with van der Waals surface area (Å²) < 4.78 is 13.6. The number of carbonyl (C=O) groups is 2. The highest BCUT2D eigenvalue weighted by molar-refractivity contribution is 5.98. The fourth-order valence-electron chi connectivity index (χ4n) is 4.58. The molecule has 3 heterocycles. The van der Waals surface area contributed by atoms with E-state index in [-0.39, 0.29) is 29.3 Å². The van der Waals surface area contributed by atoms with E-state index in [9.17, 15) is 14.0 Å². The van der Waals surface area contributed by atoms with Gasteiger partial charge in [0, 0.05) is 30.4 Å². The number of nitrogens with one attached hydrogen (secondary N) is 2. The fraction of sp³-hybridized carbons (Fsp3) is 0.522. The van der Waals surface area contributed by atoms with E-state index in [0.717, 1.165) is 19.3 Å². The van der Waals surface area contributed by atoms with Crippen molar-refractivity contribution >= 4 is 22.7 Å². The number of piperidine rings is 1. The van der Waals surface area contributed by atoms with Crippen LogP contribution in [0.3, 0.4) is 0 Å². The number of hydrazine groups is 1. The number of likely N-dealkylation sites (tertiary alicyclic amines) is 1. The molecule has 2 aliphatic heterocycles. The molecular weight excluding hydrogens is 397 g/mol. The predicted octanol–water partition coefficient (Wildman–Crippen LogP) is 2.46. The number of rotatable bonds is 3. The zero-order chi connectivity index (χ0) is 22.3. The molecule has 8 heteroatoms. The summed E-state index contributed by atoms with van der Waals surface area (Å²) in [5.74, 6) is -1.01. The minimum atomic E-state index is -0.591. The first-order chi connectivity index (χ1) is 14.6. The standard InChI is InChI=1S/C23H30FN5O2/c1-23(2,3)19-11-18(27-28-19)22(31)29-8-4-5-13(12-29)20-16(21(25)30)10-14-9-15(24)6-7-17(14)26-20/h6-7,9-10,13,18-19,27-28H,4-5,8,11-12H2,1-3H3,(H2,25,30). The molecule has 1 aromatic carbocycles. The summed E-state index contributed by atoms with van der Waals surface area (Å²) in [6, 6.07) is 5.85. The number of fused-ring (bicyclic) bond motifs is 1. The van der Waals surface area contributed by atoms with Gasteiger partial charge in [0.05, 0.1) is 16.8 Å². The van der Waals surface area contributed by atoms with Crippen LogP contribution in [0.4, 0.5) is 4.39 Å². The molecule has 2 amide bonds. The number of benzene rings is 1. The largest absolute Gasteiger partial charge is 0.366 e. The Morgan fingerprint density at radius 3 is 2.68 bits per heavy atom. The van der Waals surface area contributed by atoms with Gasteiger partial charge in [0.25, 0.3) is 5.91 Å². The summed E-state index contributed by atoms with van der Waals surface area (Å²) in [6.07, 6.45) is 2.36. The maximum absolute atomic E-state index is 13.6. The van der Waals surface area contributed by atoms with E-state index in [4.69, 9.17) is 5.73 Å². The Bertz CT molecular complexity index is 1020. The number of halogens is 1. The number of pyridine rings is 1. The van der Waals surface area contributed by atoms with Crippen LogP contribution in [0.2, 0.25) is 0 Å². The number of hydrogen-bond acceptors (Lipinski definition) is 5. The van der Waals surface area contributed by atoms with Crippen LogP contribution in [0.15, 0.2) is 24.3 Å². The lowest BCUT2D eigenvalue weighted by Crippen LogP contribution is -2.49. The molecule has 4 N–H and O–H groups in total. The molecule has 2 fully saturated rings. The van der Waals surface area contributed by atoms with E-state index in [1.165, 1.54) is 12.1 Å². The van der Waals surface area contributed by atoms with Crippen LogP contribution in [0, 0.1) is 11.2 Å². The second-order valence-corrected chi connectivity index (χ2v) is 9.74. The maximum Gasteiger partial charge on any atom is 0.250 e. The van der Waals surface area contributed by atoms with Gasteiger partial charge in [0.1, 0.15) is 11.9 Å². The number of aromatic nitrogens is 1. The highest BCUT2D eigenvalue weighted by atomic mass is 19.1. The van der Waals surface area contributed by atoms with Crippen molar-refractivity contribution in [3.05, 3.63) is 41.3 Å². The van der Waals surface area contributed by atoms with Gasteiger partial charge in [-0.1, -0.05) is 20.8 Å². The molecule has 0 saturated carbocycles. The summed E-state index contributed by atoms with van der Waals surface area (Å²) in [5.41, 5.74) is 13.6. The summed E-state index contributed by atoms with van der Waals surface area (Å²) in [5, 5.41) is 0.538. The Balaban J connectivity index is 1.56. The zero-order valence-electron chi connectivity index (χ0n) is 18.2. The lowest BCUT2D eigenvalue weighted by Gasteiger charge is -2.34. The van der Waals surface area contributed by atoms with Crippen molar-refractivity contribution in [2.75, 3.05) is 13.1 Å². The second-order valence-electron chi connectivity index (χ2n) is 9.74. The van der Waals surface area contributed by atoms with Gasteiger partial charge in [-0.05, 0) is 48.9 Å². The molecule has 0 spiro atoms. The molecule has 3 unspecified atom stereocenters. The van der Waals surface area contributed by atoms with Gasteiger partial charge in [-0.2, -0.15) is 0 Å². The SMILES string of the molecule is CC(C)(C)C1CC(C(=O)N2CCCC(c3nc4ccc(F)cc4cc3C(N)=O)C2)NN1. The Morgan fingerprint density at radius 2 is 2.00 bits per heavy atom. The van der Waals surface area contributed by atoms with Crippen LogP contribution >= 0.6 is 0 Å². The smallest absolute Gasteiger partial charge is 0.250 e. The summed E-state index contributed by atoms with van der Waals surface area (Å²) in [6.45, 7) is 7.62. The topological polar surface area (TPSA) is 100 Å². The van der Waals surface area contributed by atoms with Gasteiger partial charge in [-0.15, -0.1) is 0 Å². The third kappa shape index (κ3) is 4.41. The second kappa shape index (κ2) is 8.16. The average molecular weight is 428 g/mol. The first kappa shape index (κ1) is 21.6. The van der Waals surface area contributed by atoms with Crippen molar-refractivity contribution in [3.8, 4) is 0 Å². The average Bonchev–Trinajstić information content (AvgIpc) is 3.23. The molecule has 3 atom stereocenters. The van der Waals surface area contributed by atoms with Crippen molar-refractivity contribution in [2.45, 2.75) is 58.0 Å². The Kier molecular flexibility index (Phi) is 5.70. The predicted molar refractivity (Wildman–Crippen MR) is 117 cm³/mol. The summed E-state index contributed by atoms with van der Waals surface area (Å²) in [7, 11) is 0. The molecule has 2 aliphatic rings. The minimum absolute atomic E-state index is 0.0529. The Hall–Kier alpha value is -2.58. The van der Waals surface area contributed by atoms with Crippen LogP contribution in [0.25, 0.3) is 10.9 Å². The molecule has 0 radical (unpaired) electrons. The number of carbonyl (C=O) groups excluding carboxylic acids is 2. The lowest BCUT2D eigenvalue weighted by atomic mass is 9.84. The third-order valence-corrected chi connectivity index (χ3v) is 6.44. The van der Waals surface area contributed by atoms with Crippen LogP contribution in [-0.4, -0.2) is 46.9 Å². The monoisotopic (exact) mass is 427 g/mol. The first-order valence-electron chi connectivity index (χ1n) is 10.8. The van der Waals surface area contributed by atoms with Crippen molar-refractivity contribution in [1.29, 1.82) is 0 Å². The molecule has 7 nitrogen and oxygen atoms in total. The van der Waals surface area contributed by atoms with Crippen LogP contribution in [-0.2, 0) is 4.79 Å². The zero-order valence-corrected chi connectivity index (χ0v) is 18.2. The van der Waals surface area contributed by atoms with E-state index in [1.807, 2.05) is 4.90 Å². The lowest BCUT2D eigenvalue weighted by molar-refractivity contribution is -0.134. The number of amides is 2. The number of nitrogens with two attached hydrogens (primary N) is 1. The molecule has 2 saturated heterocycles. The molecule has 166 valence electrons. The summed E-state index contributed by atoms with van der Waals surface area (Å²) >= 11 is 0. The molecule has 2 aromatic rings. The normalized spacial score (nSPS) is 24.5. The minimum Gasteiger partial charge on any atom is -0.366 e. The van der Waals surface area contributed by atoms with Gasteiger partial charge in [0.15, 0.2) is 0 Å². The molecule has 4 rings (SSSR count). The van der Waals surface area contributed by atoms with Gasteiger partial charge in [0.2, 0.25) is 5.91 Å². The van der Waals surface area contributed by atoms with E-state index >= 15 is 0 Å². The highest BCUT2D eigenvalue weighted by Gasteiger charge is 2.39. The first-order valence-corrected chi connectivity index (χ1v) is 10.8. The number of hydrogen-bond donors (Lipinski definition) is 3. The number of nitrogens with zero attached hydrogens (tertiary/aromatic N) is 2. The van der Waals surface area contributed by atoms with Gasteiger partial charge in [-0.3, -0.25) is 20.0 Å². The molecule has 0 aliphatic carbocycles. The molecule has 31 heavy (non-hydrogen) atoms. The van der Waals surface area contributed by atoms with E-state index < -0.39 is 11.7 Å². The van der Waals surface area contributed by atoms with Crippen LogP contribution in [0.5, 0.6) is 0 Å². The fourth-order valence-corrected chi connectivity index (χ4v) is 4.58. The molecule has 0 bridgehead atoms. The van der Waals surface area contributed by atoms with Gasteiger partial charge in [-0.25, -0.2) is 9.82 Å². The van der Waals surface area contributed by atoms with E-state index in [0.29, 0.717) is 35.2 Å². The van der Waals surface area contributed by atoms with E-state index in [1.54, 1.807) is 12.1 Å². The molecular formula is C23H30FN5O2.